The fraction of sp³-hybridized carbons (Fsp3) is 0.500. The quantitative estimate of drug-likeness (QED) is 0.664. The van der Waals surface area contributed by atoms with Gasteiger partial charge in [-0.1, -0.05) is 6.07 Å². The van der Waals surface area contributed by atoms with E-state index in [0.717, 1.165) is 0 Å². The van der Waals surface area contributed by atoms with Gasteiger partial charge in [-0.25, -0.2) is 0 Å². The molecule has 0 aliphatic heterocycles. The molecule has 1 aromatic rings. The van der Waals surface area contributed by atoms with E-state index < -0.39 is 5.79 Å². The Morgan fingerprint density at radius 1 is 1.21 bits per heavy atom. The van der Waals surface area contributed by atoms with Crippen molar-refractivity contribution in [3.8, 4) is 0 Å². The Labute approximate surface area is 83.8 Å². The van der Waals surface area contributed by atoms with Crippen molar-refractivity contribution in [2.45, 2.75) is 5.79 Å². The van der Waals surface area contributed by atoms with Gasteiger partial charge in [-0.3, -0.25) is 4.98 Å². The maximum atomic E-state index is 5.30. The first-order valence-electron chi connectivity index (χ1n) is 4.30. The SMILES string of the molecule is COCC(OC)(OC)c1ccccn1. The molecule has 78 valence electrons. The van der Waals surface area contributed by atoms with Crippen molar-refractivity contribution in [1.82, 2.24) is 4.98 Å². The van der Waals surface area contributed by atoms with E-state index >= 15 is 0 Å². The van der Waals surface area contributed by atoms with Gasteiger partial charge in [0.15, 0.2) is 0 Å². The molecule has 4 nitrogen and oxygen atoms in total. The van der Waals surface area contributed by atoms with Crippen LogP contribution >= 0.6 is 0 Å². The Kier molecular flexibility index (Phi) is 4.00. The summed E-state index contributed by atoms with van der Waals surface area (Å²) in [7, 11) is 4.73. The van der Waals surface area contributed by atoms with E-state index in [1.165, 1.54) is 0 Å². The molecule has 0 N–H and O–H groups in total. The molecule has 0 aliphatic rings. The molecule has 0 atom stereocenters. The van der Waals surface area contributed by atoms with Gasteiger partial charge in [0.1, 0.15) is 12.3 Å². The molecule has 0 amide bonds. The normalized spacial score (nSPS) is 11.6. The van der Waals surface area contributed by atoms with Crippen LogP contribution in [0.4, 0.5) is 0 Å². The summed E-state index contributed by atoms with van der Waals surface area (Å²) in [6.07, 6.45) is 1.69. The second-order valence-electron chi connectivity index (χ2n) is 2.81. The largest absolute Gasteiger partial charge is 0.379 e. The van der Waals surface area contributed by atoms with Gasteiger partial charge < -0.3 is 14.2 Å². The topological polar surface area (TPSA) is 40.6 Å². The number of nitrogens with zero attached hydrogens (tertiary/aromatic N) is 1. The monoisotopic (exact) mass is 197 g/mol. The predicted octanol–water partition coefficient (Wildman–Crippen LogP) is 1.17. The molecule has 1 aromatic heterocycles. The summed E-state index contributed by atoms with van der Waals surface area (Å²) >= 11 is 0. The van der Waals surface area contributed by atoms with E-state index in [4.69, 9.17) is 14.2 Å². The van der Waals surface area contributed by atoms with E-state index in [2.05, 4.69) is 4.98 Å². The third-order valence-corrected chi connectivity index (χ3v) is 2.05. The number of rotatable bonds is 5. The molecule has 4 heteroatoms. The predicted molar refractivity (Wildman–Crippen MR) is 51.8 cm³/mol. The van der Waals surface area contributed by atoms with Crippen LogP contribution in [0.3, 0.4) is 0 Å². The maximum Gasteiger partial charge on any atom is 0.236 e. The van der Waals surface area contributed by atoms with Crippen molar-refractivity contribution in [1.29, 1.82) is 0 Å². The minimum absolute atomic E-state index is 0.303. The highest BCUT2D eigenvalue weighted by Crippen LogP contribution is 2.23. The second kappa shape index (κ2) is 5.05. The maximum absolute atomic E-state index is 5.30. The number of methoxy groups -OCH3 is 3. The van der Waals surface area contributed by atoms with Gasteiger partial charge in [-0.15, -0.1) is 0 Å². The fourth-order valence-corrected chi connectivity index (χ4v) is 1.26. The molecule has 0 unspecified atom stereocenters. The number of hydrogen-bond donors (Lipinski definition) is 0. The zero-order valence-electron chi connectivity index (χ0n) is 8.69. The van der Waals surface area contributed by atoms with E-state index in [-0.39, 0.29) is 0 Å². The summed E-state index contributed by atoms with van der Waals surface area (Å²) in [5, 5.41) is 0. The van der Waals surface area contributed by atoms with Crippen LogP contribution in [0, 0.1) is 0 Å². The van der Waals surface area contributed by atoms with Crippen LogP contribution in [-0.4, -0.2) is 32.9 Å². The average molecular weight is 197 g/mol. The molecule has 0 fully saturated rings. The average Bonchev–Trinajstić information content (AvgIpc) is 2.27. The van der Waals surface area contributed by atoms with Gasteiger partial charge in [0, 0.05) is 27.5 Å². The molecule has 0 aromatic carbocycles. The lowest BCUT2D eigenvalue weighted by molar-refractivity contribution is -0.242. The molecule has 0 saturated carbocycles. The summed E-state index contributed by atoms with van der Waals surface area (Å²) < 4.78 is 15.7. The smallest absolute Gasteiger partial charge is 0.236 e. The standard InChI is InChI=1S/C10H15NO3/c1-12-8-10(13-2,14-3)9-6-4-5-7-11-9/h4-7H,8H2,1-3H3. The lowest BCUT2D eigenvalue weighted by Crippen LogP contribution is -2.36. The number of hydrogen-bond acceptors (Lipinski definition) is 4. The van der Waals surface area contributed by atoms with Crippen LogP contribution in [0.2, 0.25) is 0 Å². The van der Waals surface area contributed by atoms with Gasteiger partial charge in [0.25, 0.3) is 0 Å². The number of pyridine rings is 1. The van der Waals surface area contributed by atoms with Gasteiger partial charge in [-0.2, -0.15) is 0 Å². The summed E-state index contributed by atoms with van der Waals surface area (Å²) in [5.74, 6) is -0.907. The van der Waals surface area contributed by atoms with Gasteiger partial charge >= 0.3 is 0 Å². The Hall–Kier alpha value is -0.970. The van der Waals surface area contributed by atoms with Crippen molar-refractivity contribution in [2.75, 3.05) is 27.9 Å². The number of ether oxygens (including phenoxy) is 3. The van der Waals surface area contributed by atoms with Crippen LogP contribution in [0.15, 0.2) is 24.4 Å². The Balaban J connectivity index is 2.98. The van der Waals surface area contributed by atoms with Crippen LogP contribution in [0.25, 0.3) is 0 Å². The van der Waals surface area contributed by atoms with Gasteiger partial charge in [0.05, 0.1) is 0 Å². The fourth-order valence-electron chi connectivity index (χ4n) is 1.26. The van der Waals surface area contributed by atoms with E-state index in [1.54, 1.807) is 27.5 Å². The first kappa shape index (κ1) is 11.1. The molecule has 0 radical (unpaired) electrons. The van der Waals surface area contributed by atoms with E-state index in [0.29, 0.717) is 12.3 Å². The van der Waals surface area contributed by atoms with Crippen LogP contribution in [0.5, 0.6) is 0 Å². The van der Waals surface area contributed by atoms with Crippen molar-refractivity contribution in [3.05, 3.63) is 30.1 Å². The molecular formula is C10H15NO3. The molecule has 0 saturated heterocycles. The first-order chi connectivity index (χ1) is 6.79. The summed E-state index contributed by atoms with van der Waals surface area (Å²) in [6.45, 7) is 0.303. The molecule has 1 heterocycles. The second-order valence-corrected chi connectivity index (χ2v) is 2.81. The lowest BCUT2D eigenvalue weighted by atomic mass is 10.2. The molecular weight excluding hydrogens is 182 g/mol. The summed E-state index contributed by atoms with van der Waals surface area (Å²) in [5.41, 5.74) is 0.701. The molecule has 0 spiro atoms. The Morgan fingerprint density at radius 2 is 1.93 bits per heavy atom. The molecule has 0 aliphatic carbocycles. The summed E-state index contributed by atoms with van der Waals surface area (Å²) in [6, 6.07) is 5.56. The zero-order chi connectivity index (χ0) is 10.4. The molecule has 14 heavy (non-hydrogen) atoms. The lowest BCUT2D eigenvalue weighted by Gasteiger charge is -2.29. The molecule has 1 rings (SSSR count). The highest BCUT2D eigenvalue weighted by atomic mass is 16.7. The van der Waals surface area contributed by atoms with Gasteiger partial charge in [-0.05, 0) is 12.1 Å². The zero-order valence-corrected chi connectivity index (χ0v) is 8.69. The highest BCUT2D eigenvalue weighted by Gasteiger charge is 2.33. The summed E-state index contributed by atoms with van der Waals surface area (Å²) in [4.78, 5) is 4.18. The minimum Gasteiger partial charge on any atom is -0.379 e. The minimum atomic E-state index is -0.907. The molecule has 0 bridgehead atoms. The first-order valence-corrected chi connectivity index (χ1v) is 4.30. The van der Waals surface area contributed by atoms with Crippen molar-refractivity contribution in [3.63, 3.8) is 0 Å². The Bertz CT molecular complexity index is 259. The van der Waals surface area contributed by atoms with Crippen LogP contribution in [0.1, 0.15) is 5.69 Å². The van der Waals surface area contributed by atoms with E-state index in [1.807, 2.05) is 18.2 Å². The number of aromatic nitrogens is 1. The van der Waals surface area contributed by atoms with Crippen molar-refractivity contribution >= 4 is 0 Å². The third kappa shape index (κ3) is 2.09. The highest BCUT2D eigenvalue weighted by molar-refractivity contribution is 5.10. The van der Waals surface area contributed by atoms with Crippen molar-refractivity contribution < 1.29 is 14.2 Å². The Morgan fingerprint density at radius 3 is 2.36 bits per heavy atom. The van der Waals surface area contributed by atoms with E-state index in [9.17, 15) is 0 Å². The van der Waals surface area contributed by atoms with Gasteiger partial charge in [0.2, 0.25) is 5.79 Å². The van der Waals surface area contributed by atoms with Crippen molar-refractivity contribution in [2.24, 2.45) is 0 Å². The van der Waals surface area contributed by atoms with Crippen LogP contribution < -0.4 is 0 Å². The van der Waals surface area contributed by atoms with Crippen LogP contribution in [-0.2, 0) is 20.0 Å². The third-order valence-electron chi connectivity index (χ3n) is 2.05.